The fourth-order valence-electron chi connectivity index (χ4n) is 7.78. The molecule has 2 aromatic carbocycles. The summed E-state index contributed by atoms with van der Waals surface area (Å²) in [7, 11) is 0. The van der Waals surface area contributed by atoms with Gasteiger partial charge >= 0.3 is 0 Å². The van der Waals surface area contributed by atoms with E-state index >= 15 is 0 Å². The summed E-state index contributed by atoms with van der Waals surface area (Å²) in [5, 5.41) is 32.5. The Balaban J connectivity index is 1.28. The largest absolute Gasteiger partial charge is 0.508 e. The van der Waals surface area contributed by atoms with Crippen molar-refractivity contribution < 1.29 is 24.9 Å². The summed E-state index contributed by atoms with van der Waals surface area (Å²) >= 11 is 6.36. The first kappa shape index (κ1) is 33.4. The minimum atomic E-state index is -0.827. The number of aliphatic hydroxyl groups is 2. The van der Waals surface area contributed by atoms with Crippen molar-refractivity contribution in [2.24, 2.45) is 17.8 Å². The molecule has 3 N–H and O–H groups in total. The van der Waals surface area contributed by atoms with Crippen LogP contribution in [0.2, 0.25) is 5.02 Å². The number of likely N-dealkylation sites (tertiary alicyclic amines) is 2. The molecule has 5 rings (SSSR count). The number of fused-ring (bicyclic) bond motifs is 1. The van der Waals surface area contributed by atoms with Gasteiger partial charge in [-0.25, -0.2) is 0 Å². The molecule has 0 bridgehead atoms. The molecule has 1 aliphatic carbocycles. The van der Waals surface area contributed by atoms with Crippen molar-refractivity contribution >= 4 is 29.5 Å². The number of imide groups is 1. The number of hydrogen-bond donors (Lipinski definition) is 3. The first-order valence-electron chi connectivity index (χ1n) is 16.6. The van der Waals surface area contributed by atoms with Crippen LogP contribution in [-0.4, -0.2) is 68.8 Å². The number of rotatable bonds is 12. The molecule has 242 valence electrons. The average Bonchev–Trinajstić information content (AvgIpc) is 3.29. The van der Waals surface area contributed by atoms with E-state index in [4.69, 9.17) is 11.6 Å². The number of hydrogen-bond acceptors (Lipinski definition) is 6. The topological polar surface area (TPSA) is 101 Å². The third-order valence-corrected chi connectivity index (χ3v) is 10.4. The summed E-state index contributed by atoms with van der Waals surface area (Å²) < 4.78 is 0. The molecule has 2 saturated heterocycles. The van der Waals surface area contributed by atoms with E-state index in [0.717, 1.165) is 67.6 Å². The van der Waals surface area contributed by atoms with Gasteiger partial charge in [-0.3, -0.25) is 19.4 Å². The number of phenols is 1. The number of carbonyl (C=O) groups is 2. The van der Waals surface area contributed by atoms with E-state index in [1.54, 1.807) is 12.1 Å². The lowest BCUT2D eigenvalue weighted by Crippen LogP contribution is -2.47. The molecule has 3 aliphatic rings. The Labute approximate surface area is 272 Å². The zero-order chi connectivity index (χ0) is 32.1. The molecule has 0 radical (unpaired) electrons. The van der Waals surface area contributed by atoms with Gasteiger partial charge in [0.25, 0.3) is 0 Å². The summed E-state index contributed by atoms with van der Waals surface area (Å²) in [6, 6.07) is 15.1. The Hall–Kier alpha value is -2.97. The molecule has 2 amide bonds. The molecule has 0 saturated carbocycles. The lowest BCUT2D eigenvalue weighted by Gasteiger charge is -2.37. The molecule has 0 unspecified atom stereocenters. The van der Waals surface area contributed by atoms with Gasteiger partial charge in [-0.2, -0.15) is 0 Å². The first-order chi connectivity index (χ1) is 21.7. The quantitative estimate of drug-likeness (QED) is 0.186. The monoisotopic (exact) mass is 634 g/mol. The van der Waals surface area contributed by atoms with E-state index in [0.29, 0.717) is 30.7 Å². The fourth-order valence-corrected chi connectivity index (χ4v) is 8.01. The predicted molar refractivity (Wildman–Crippen MR) is 177 cm³/mol. The van der Waals surface area contributed by atoms with Crippen LogP contribution in [0.15, 0.2) is 65.3 Å². The molecule has 2 fully saturated rings. The van der Waals surface area contributed by atoms with Crippen molar-refractivity contribution in [3.8, 4) is 5.75 Å². The summed E-state index contributed by atoms with van der Waals surface area (Å²) in [5.74, 6) is -1.86. The Morgan fingerprint density at radius 3 is 2.42 bits per heavy atom. The minimum absolute atomic E-state index is 0.108. The molecule has 8 heteroatoms. The molecule has 7 nitrogen and oxygen atoms in total. The van der Waals surface area contributed by atoms with Crippen LogP contribution in [0.25, 0.3) is 6.08 Å². The number of carbonyl (C=O) groups excluding carboxylic acids is 2. The number of aromatic hydroxyl groups is 1. The number of benzene rings is 2. The molecular weight excluding hydrogens is 588 g/mol. The molecular formula is C37H47ClN2O5. The highest BCUT2D eigenvalue weighted by Crippen LogP contribution is 2.48. The average molecular weight is 635 g/mol. The molecule has 45 heavy (non-hydrogen) atoms. The van der Waals surface area contributed by atoms with Gasteiger partial charge in [0.05, 0.1) is 29.6 Å². The second kappa shape index (κ2) is 15.1. The van der Waals surface area contributed by atoms with Crippen LogP contribution in [0.1, 0.15) is 76.3 Å². The van der Waals surface area contributed by atoms with Gasteiger partial charge in [0.15, 0.2) is 0 Å². The minimum Gasteiger partial charge on any atom is -0.508 e. The highest BCUT2D eigenvalue weighted by Gasteiger charge is 2.56. The Bertz CT molecular complexity index is 1420. The van der Waals surface area contributed by atoms with Crippen molar-refractivity contribution in [1.82, 2.24) is 9.80 Å². The van der Waals surface area contributed by atoms with E-state index in [1.165, 1.54) is 16.5 Å². The number of aliphatic hydroxyl groups excluding tert-OH is 2. The lowest BCUT2D eigenvalue weighted by atomic mass is 9.67. The lowest BCUT2D eigenvalue weighted by molar-refractivity contribution is -0.144. The highest BCUT2D eigenvalue weighted by atomic mass is 35.5. The Kier molecular flexibility index (Phi) is 11.2. The predicted octanol–water partition coefficient (Wildman–Crippen LogP) is 6.35. The maximum absolute atomic E-state index is 14.0. The molecule has 2 aromatic rings. The zero-order valence-corrected chi connectivity index (χ0v) is 27.3. The van der Waals surface area contributed by atoms with E-state index < -0.39 is 23.9 Å². The maximum atomic E-state index is 14.0. The van der Waals surface area contributed by atoms with Gasteiger partial charge in [-0.05, 0) is 79.8 Å². The van der Waals surface area contributed by atoms with Crippen LogP contribution >= 0.6 is 11.6 Å². The second-order valence-corrected chi connectivity index (χ2v) is 13.3. The molecule has 2 heterocycles. The van der Waals surface area contributed by atoms with E-state index in [9.17, 15) is 24.9 Å². The van der Waals surface area contributed by atoms with Crippen LogP contribution in [0.3, 0.4) is 0 Å². The summed E-state index contributed by atoms with van der Waals surface area (Å²) in [4.78, 5) is 31.7. The fraction of sp³-hybridized carbons (Fsp3) is 0.514. The molecule has 4 atom stereocenters. The number of halogens is 1. The summed E-state index contributed by atoms with van der Waals surface area (Å²) in [6.45, 7) is 6.34. The molecule has 2 aliphatic heterocycles. The third-order valence-electron chi connectivity index (χ3n) is 10.0. The number of nitrogens with zero attached hydrogens (tertiary/aromatic N) is 2. The van der Waals surface area contributed by atoms with Crippen LogP contribution < -0.4 is 0 Å². The molecule has 0 spiro atoms. The summed E-state index contributed by atoms with van der Waals surface area (Å²) in [6.07, 6.45) is 6.64. The van der Waals surface area contributed by atoms with Gasteiger partial charge in [-0.15, -0.1) is 0 Å². The standard InChI is InChI=1S/C37H47ClN2O5/c1-3-8-24(19-27-12-13-29(42)21-32(27)38)11-14-33(43)34-26(4-2)20-30-35(31(34)23-41)37(45)40(36(30)44)28-15-17-39(18-16-28)22-25-9-6-5-7-10-25/h5-7,9-10,12-13,19,21,28,30-31,33,35,41-43H,3-4,8,11,14-18,20,22-23H2,1-2H3/b24-19+/t30-,31+,33-,35-/m1/s1. The van der Waals surface area contributed by atoms with Crippen molar-refractivity contribution in [3.63, 3.8) is 0 Å². The smallest absolute Gasteiger partial charge is 0.234 e. The van der Waals surface area contributed by atoms with Crippen LogP contribution in [0.5, 0.6) is 5.75 Å². The SMILES string of the molecule is CCC/C(=C\c1ccc(O)cc1Cl)CC[C@@H](O)C1=C(CC)C[C@H]2C(=O)N(C3CCN(Cc4ccccc4)CC3)C(=O)[C@H]2[C@H]1CO. The van der Waals surface area contributed by atoms with Crippen LogP contribution in [0.4, 0.5) is 0 Å². The second-order valence-electron chi connectivity index (χ2n) is 12.9. The summed E-state index contributed by atoms with van der Waals surface area (Å²) in [5.41, 5.74) is 4.95. The Morgan fingerprint density at radius 2 is 1.78 bits per heavy atom. The normalized spacial score (nSPS) is 24.0. The van der Waals surface area contributed by atoms with Crippen molar-refractivity contribution in [2.75, 3.05) is 19.7 Å². The van der Waals surface area contributed by atoms with E-state index in [-0.39, 0.29) is 30.2 Å². The zero-order valence-electron chi connectivity index (χ0n) is 26.5. The number of amides is 2. The van der Waals surface area contributed by atoms with Gasteiger partial charge < -0.3 is 15.3 Å². The molecule has 0 aromatic heterocycles. The van der Waals surface area contributed by atoms with Gasteiger partial charge in [0, 0.05) is 31.6 Å². The first-order valence-corrected chi connectivity index (χ1v) is 16.9. The maximum Gasteiger partial charge on any atom is 0.234 e. The number of phenolic OH excluding ortho intramolecular Hbond substituents is 1. The van der Waals surface area contributed by atoms with Gasteiger partial charge in [-0.1, -0.05) is 79.4 Å². The van der Waals surface area contributed by atoms with E-state index in [1.807, 2.05) is 31.2 Å². The number of allylic oxidation sites excluding steroid dienone is 2. The van der Waals surface area contributed by atoms with Crippen LogP contribution in [-0.2, 0) is 16.1 Å². The van der Waals surface area contributed by atoms with E-state index in [2.05, 4.69) is 24.0 Å². The van der Waals surface area contributed by atoms with Crippen molar-refractivity contribution in [1.29, 1.82) is 0 Å². The Morgan fingerprint density at radius 1 is 1.04 bits per heavy atom. The van der Waals surface area contributed by atoms with Gasteiger partial charge in [0.2, 0.25) is 11.8 Å². The van der Waals surface area contributed by atoms with Crippen LogP contribution in [0, 0.1) is 17.8 Å². The van der Waals surface area contributed by atoms with Crippen molar-refractivity contribution in [3.05, 3.63) is 81.4 Å². The van der Waals surface area contributed by atoms with Crippen molar-refractivity contribution in [2.45, 2.75) is 83.9 Å². The van der Waals surface area contributed by atoms with Gasteiger partial charge in [0.1, 0.15) is 5.75 Å². The number of piperidine rings is 1. The third kappa shape index (κ3) is 7.38. The highest BCUT2D eigenvalue weighted by molar-refractivity contribution is 6.32.